The van der Waals surface area contributed by atoms with Gasteiger partial charge in [0.15, 0.2) is 0 Å². The van der Waals surface area contributed by atoms with E-state index in [9.17, 15) is 4.79 Å². The molecule has 2 saturated heterocycles. The van der Waals surface area contributed by atoms with Crippen molar-refractivity contribution in [3.05, 3.63) is 24.3 Å². The molecular weight excluding hydrogens is 293 g/mol. The van der Waals surface area contributed by atoms with E-state index in [1.54, 1.807) is 0 Å². The first-order valence-electron chi connectivity index (χ1n) is 8.12. The van der Waals surface area contributed by atoms with E-state index < -0.39 is 0 Å². The smallest absolute Gasteiger partial charge is 0.493 e. The number of amides is 1. The lowest BCUT2D eigenvalue weighted by Crippen LogP contribution is -2.41. The third kappa shape index (κ3) is 3.38. The van der Waals surface area contributed by atoms with Crippen LogP contribution in [0, 0.1) is 5.92 Å². The van der Waals surface area contributed by atoms with Crippen LogP contribution >= 0.6 is 0 Å². The van der Waals surface area contributed by atoms with Crippen molar-refractivity contribution in [1.29, 1.82) is 0 Å². The van der Waals surface area contributed by atoms with Gasteiger partial charge in [-0.25, -0.2) is 0 Å². The summed E-state index contributed by atoms with van der Waals surface area (Å²) in [6.07, 6.45) is 0.548. The molecule has 2 heterocycles. The highest BCUT2D eigenvalue weighted by Gasteiger charge is 2.51. The van der Waals surface area contributed by atoms with E-state index in [1.165, 1.54) is 0 Å². The molecule has 0 aliphatic carbocycles. The molecule has 1 atom stereocenters. The molecule has 6 heteroatoms. The predicted octanol–water partition coefficient (Wildman–Crippen LogP) is 1.50. The number of benzene rings is 1. The number of nitrogens with one attached hydrogen (secondary N) is 1. The first-order chi connectivity index (χ1) is 10.8. The summed E-state index contributed by atoms with van der Waals surface area (Å²) in [6.45, 7) is 9.42. The Balaban J connectivity index is 1.58. The number of carbonyl (C=O) groups is 1. The lowest BCUT2D eigenvalue weighted by atomic mass is 9.79. The summed E-state index contributed by atoms with van der Waals surface area (Å²) in [7, 11) is -0.356. The minimum absolute atomic E-state index is 0.106. The number of rotatable bonds is 4. The lowest BCUT2D eigenvalue weighted by molar-refractivity contribution is -0.119. The third-order valence-electron chi connectivity index (χ3n) is 4.95. The van der Waals surface area contributed by atoms with Gasteiger partial charge in [-0.05, 0) is 45.3 Å². The maximum Gasteiger partial charge on any atom is 0.494 e. The second kappa shape index (κ2) is 5.84. The first-order valence-corrected chi connectivity index (χ1v) is 8.12. The molecular formula is C17H24BNO4. The van der Waals surface area contributed by atoms with Crippen LogP contribution in [-0.4, -0.2) is 37.4 Å². The molecule has 0 aromatic heterocycles. The second-order valence-corrected chi connectivity index (χ2v) is 7.34. The molecule has 5 nitrogen and oxygen atoms in total. The maximum absolute atomic E-state index is 11.2. The molecule has 0 radical (unpaired) electrons. The van der Waals surface area contributed by atoms with Crippen molar-refractivity contribution in [1.82, 2.24) is 5.32 Å². The number of carbonyl (C=O) groups excluding carboxylic acids is 1. The molecule has 0 spiro atoms. The molecule has 2 aliphatic rings. The van der Waals surface area contributed by atoms with Crippen molar-refractivity contribution >= 4 is 18.5 Å². The van der Waals surface area contributed by atoms with E-state index in [2.05, 4.69) is 5.32 Å². The largest absolute Gasteiger partial charge is 0.494 e. The minimum Gasteiger partial charge on any atom is -0.493 e. The summed E-state index contributed by atoms with van der Waals surface area (Å²) in [5, 5.41) is 2.82. The molecule has 2 aliphatic heterocycles. The van der Waals surface area contributed by atoms with Gasteiger partial charge in [0.05, 0.1) is 17.8 Å². The maximum atomic E-state index is 11.2. The van der Waals surface area contributed by atoms with Gasteiger partial charge in [0, 0.05) is 18.9 Å². The van der Waals surface area contributed by atoms with Crippen LogP contribution in [0.3, 0.4) is 0 Å². The average molecular weight is 317 g/mol. The van der Waals surface area contributed by atoms with E-state index in [-0.39, 0.29) is 30.1 Å². The van der Waals surface area contributed by atoms with Crippen LogP contribution in [0.15, 0.2) is 24.3 Å². The fraction of sp³-hybridized carbons (Fsp3) is 0.588. The quantitative estimate of drug-likeness (QED) is 0.855. The molecule has 2 fully saturated rings. The SMILES string of the molecule is CC1(C)OB(c2ccc(OCC3CNC(=O)C3)cc2)OC1(C)C. The molecule has 0 bridgehead atoms. The fourth-order valence-electron chi connectivity index (χ4n) is 2.70. The molecule has 124 valence electrons. The Morgan fingerprint density at radius 1 is 1.17 bits per heavy atom. The average Bonchev–Trinajstić information content (AvgIpc) is 2.98. The van der Waals surface area contributed by atoms with Crippen molar-refractivity contribution in [2.75, 3.05) is 13.2 Å². The van der Waals surface area contributed by atoms with E-state index in [0.29, 0.717) is 19.6 Å². The standard InChI is InChI=1S/C17H24BNO4/c1-16(2)17(3,4)23-18(22-16)13-5-7-14(8-6-13)21-11-12-9-15(20)19-10-12/h5-8,12H,9-11H2,1-4H3,(H,19,20). The van der Waals surface area contributed by atoms with Crippen molar-refractivity contribution < 1.29 is 18.8 Å². The third-order valence-corrected chi connectivity index (χ3v) is 4.95. The summed E-state index contributed by atoms with van der Waals surface area (Å²) in [4.78, 5) is 11.2. The highest BCUT2D eigenvalue weighted by Crippen LogP contribution is 2.36. The molecule has 1 N–H and O–H groups in total. The van der Waals surface area contributed by atoms with Crippen molar-refractivity contribution in [2.24, 2.45) is 5.92 Å². The Morgan fingerprint density at radius 2 is 1.78 bits per heavy atom. The highest BCUT2D eigenvalue weighted by molar-refractivity contribution is 6.62. The first kappa shape index (κ1) is 16.3. The van der Waals surface area contributed by atoms with E-state index in [1.807, 2.05) is 52.0 Å². The zero-order chi connectivity index (χ0) is 16.7. The monoisotopic (exact) mass is 317 g/mol. The lowest BCUT2D eigenvalue weighted by Gasteiger charge is -2.32. The van der Waals surface area contributed by atoms with Gasteiger partial charge in [-0.15, -0.1) is 0 Å². The van der Waals surface area contributed by atoms with Crippen LogP contribution in [0.1, 0.15) is 34.1 Å². The van der Waals surface area contributed by atoms with Crippen LogP contribution in [0.2, 0.25) is 0 Å². The molecule has 1 amide bonds. The Hall–Kier alpha value is -1.53. The van der Waals surface area contributed by atoms with Gasteiger partial charge < -0.3 is 19.4 Å². The van der Waals surface area contributed by atoms with Gasteiger partial charge in [-0.3, -0.25) is 4.79 Å². The number of ether oxygens (including phenoxy) is 1. The summed E-state index contributed by atoms with van der Waals surface area (Å²) in [5.41, 5.74) is 0.303. The Bertz CT molecular complexity index is 569. The van der Waals surface area contributed by atoms with Gasteiger partial charge in [0.1, 0.15) is 5.75 Å². The van der Waals surface area contributed by atoms with Gasteiger partial charge >= 0.3 is 7.12 Å². The summed E-state index contributed by atoms with van der Waals surface area (Å²) < 4.78 is 17.8. The van der Waals surface area contributed by atoms with E-state index in [4.69, 9.17) is 14.0 Å². The Labute approximate surface area is 137 Å². The van der Waals surface area contributed by atoms with Gasteiger partial charge in [-0.2, -0.15) is 0 Å². The Morgan fingerprint density at radius 3 is 2.30 bits per heavy atom. The van der Waals surface area contributed by atoms with Crippen LogP contribution in [0.4, 0.5) is 0 Å². The normalized spacial score (nSPS) is 25.5. The topological polar surface area (TPSA) is 56.8 Å². The zero-order valence-corrected chi connectivity index (χ0v) is 14.2. The molecule has 0 saturated carbocycles. The summed E-state index contributed by atoms with van der Waals surface area (Å²) >= 11 is 0. The Kier molecular flexibility index (Phi) is 4.15. The summed E-state index contributed by atoms with van der Waals surface area (Å²) in [6, 6.07) is 7.78. The fourth-order valence-corrected chi connectivity index (χ4v) is 2.70. The summed E-state index contributed by atoms with van der Waals surface area (Å²) in [5.74, 6) is 1.16. The number of hydrogen-bond donors (Lipinski definition) is 1. The molecule has 1 aromatic carbocycles. The van der Waals surface area contributed by atoms with Crippen molar-refractivity contribution in [2.45, 2.75) is 45.3 Å². The van der Waals surface area contributed by atoms with Crippen LogP contribution in [0.5, 0.6) is 5.75 Å². The number of hydrogen-bond acceptors (Lipinski definition) is 4. The van der Waals surface area contributed by atoms with E-state index in [0.717, 1.165) is 11.2 Å². The van der Waals surface area contributed by atoms with E-state index >= 15 is 0 Å². The molecule has 1 unspecified atom stereocenters. The molecule has 23 heavy (non-hydrogen) atoms. The van der Waals surface area contributed by atoms with Gasteiger partial charge in [0.25, 0.3) is 0 Å². The van der Waals surface area contributed by atoms with Crippen molar-refractivity contribution in [3.63, 3.8) is 0 Å². The predicted molar refractivity (Wildman–Crippen MR) is 88.8 cm³/mol. The van der Waals surface area contributed by atoms with Gasteiger partial charge in [0.2, 0.25) is 5.91 Å². The van der Waals surface area contributed by atoms with Crippen LogP contribution in [-0.2, 0) is 14.1 Å². The van der Waals surface area contributed by atoms with Crippen LogP contribution < -0.4 is 15.5 Å². The van der Waals surface area contributed by atoms with Crippen LogP contribution in [0.25, 0.3) is 0 Å². The zero-order valence-electron chi connectivity index (χ0n) is 14.2. The highest BCUT2D eigenvalue weighted by atomic mass is 16.7. The van der Waals surface area contributed by atoms with Gasteiger partial charge in [-0.1, -0.05) is 12.1 Å². The minimum atomic E-state index is -0.356. The molecule has 1 aromatic rings. The van der Waals surface area contributed by atoms with Crippen molar-refractivity contribution in [3.8, 4) is 5.75 Å². The second-order valence-electron chi connectivity index (χ2n) is 7.34. The molecule has 3 rings (SSSR count).